The van der Waals surface area contributed by atoms with Crippen LogP contribution in [0.4, 0.5) is 0 Å². The van der Waals surface area contributed by atoms with E-state index in [2.05, 4.69) is 0 Å². The van der Waals surface area contributed by atoms with Gasteiger partial charge in [-0.05, 0) is 26.0 Å². The van der Waals surface area contributed by atoms with Gasteiger partial charge in [-0.1, -0.05) is 29.8 Å². The van der Waals surface area contributed by atoms with Crippen LogP contribution < -0.4 is 4.74 Å². The summed E-state index contributed by atoms with van der Waals surface area (Å²) in [5.74, 6) is 0.789. The van der Waals surface area contributed by atoms with E-state index in [0.29, 0.717) is 5.02 Å². The van der Waals surface area contributed by atoms with Gasteiger partial charge in [0.2, 0.25) is 0 Å². The van der Waals surface area contributed by atoms with Gasteiger partial charge in [-0.2, -0.15) is 0 Å². The molecule has 1 aliphatic heterocycles. The Morgan fingerprint density at radius 3 is 2.85 bits per heavy atom. The monoisotopic (exact) mass is 194 g/mol. The van der Waals surface area contributed by atoms with Gasteiger partial charge >= 0.3 is 0 Å². The van der Waals surface area contributed by atoms with Crippen molar-refractivity contribution < 1.29 is 4.74 Å². The Balaban J connectivity index is 2.54. The van der Waals surface area contributed by atoms with Crippen LogP contribution in [0.1, 0.15) is 19.4 Å². The van der Waals surface area contributed by atoms with Crippen molar-refractivity contribution in [3.63, 3.8) is 0 Å². The molecule has 0 unspecified atom stereocenters. The van der Waals surface area contributed by atoms with E-state index in [4.69, 9.17) is 16.3 Å². The molecule has 0 fully saturated rings. The fourth-order valence-corrected chi connectivity index (χ4v) is 1.57. The number of hydrogen-bond donors (Lipinski definition) is 0. The van der Waals surface area contributed by atoms with Gasteiger partial charge in [0.15, 0.2) is 0 Å². The first kappa shape index (κ1) is 8.64. The maximum Gasteiger partial charge on any atom is 0.146 e. The van der Waals surface area contributed by atoms with Crippen LogP contribution in [-0.2, 0) is 0 Å². The molecule has 2 rings (SSSR count). The van der Waals surface area contributed by atoms with Crippen LogP contribution in [0.25, 0.3) is 6.08 Å². The third-order valence-corrected chi connectivity index (χ3v) is 2.32. The Morgan fingerprint density at radius 1 is 1.31 bits per heavy atom. The molecule has 0 atom stereocenters. The molecule has 0 saturated carbocycles. The number of benzene rings is 1. The second kappa shape index (κ2) is 2.78. The number of ether oxygens (including phenoxy) is 1. The molecule has 2 heteroatoms. The van der Waals surface area contributed by atoms with E-state index in [-0.39, 0.29) is 5.60 Å². The molecule has 1 aromatic rings. The average Bonchev–Trinajstić information content (AvgIpc) is 2.06. The van der Waals surface area contributed by atoms with Crippen LogP contribution in [-0.4, -0.2) is 5.60 Å². The van der Waals surface area contributed by atoms with Gasteiger partial charge in [0.25, 0.3) is 0 Å². The first-order valence-corrected chi connectivity index (χ1v) is 4.63. The topological polar surface area (TPSA) is 9.23 Å². The predicted octanol–water partition coefficient (Wildman–Crippen LogP) is 3.52. The fraction of sp³-hybridized carbons (Fsp3) is 0.273. The van der Waals surface area contributed by atoms with Crippen LogP contribution in [0.5, 0.6) is 5.75 Å². The molecule has 1 aliphatic rings. The van der Waals surface area contributed by atoms with Gasteiger partial charge in [-0.3, -0.25) is 0 Å². The molecular formula is C11H11ClO. The van der Waals surface area contributed by atoms with E-state index < -0.39 is 0 Å². The lowest BCUT2D eigenvalue weighted by molar-refractivity contribution is 0.159. The van der Waals surface area contributed by atoms with Crippen LogP contribution >= 0.6 is 11.6 Å². The molecule has 68 valence electrons. The number of para-hydroxylation sites is 1. The highest BCUT2D eigenvalue weighted by Gasteiger charge is 2.22. The summed E-state index contributed by atoms with van der Waals surface area (Å²) >= 11 is 6.01. The van der Waals surface area contributed by atoms with Crippen LogP contribution in [0.2, 0.25) is 5.02 Å². The molecule has 0 bridgehead atoms. The van der Waals surface area contributed by atoms with E-state index in [1.165, 1.54) is 0 Å². The van der Waals surface area contributed by atoms with E-state index >= 15 is 0 Å². The quantitative estimate of drug-likeness (QED) is 0.614. The number of hydrogen-bond acceptors (Lipinski definition) is 1. The molecule has 1 nitrogen and oxygen atoms in total. The summed E-state index contributed by atoms with van der Waals surface area (Å²) in [6.45, 7) is 4.02. The minimum Gasteiger partial charge on any atom is -0.482 e. The van der Waals surface area contributed by atoms with Crippen molar-refractivity contribution in [2.24, 2.45) is 0 Å². The highest BCUT2D eigenvalue weighted by molar-refractivity contribution is 6.32. The highest BCUT2D eigenvalue weighted by Crippen LogP contribution is 2.36. The molecule has 0 radical (unpaired) electrons. The minimum absolute atomic E-state index is 0.252. The van der Waals surface area contributed by atoms with E-state index in [1.54, 1.807) is 0 Å². The van der Waals surface area contributed by atoms with Gasteiger partial charge < -0.3 is 4.74 Å². The zero-order valence-electron chi connectivity index (χ0n) is 7.67. The number of fused-ring (bicyclic) bond motifs is 1. The maximum atomic E-state index is 6.01. The Bertz CT molecular complexity index is 366. The second-order valence-electron chi connectivity index (χ2n) is 3.70. The summed E-state index contributed by atoms with van der Waals surface area (Å²) in [7, 11) is 0. The summed E-state index contributed by atoms with van der Waals surface area (Å²) in [5.41, 5.74) is 0.796. The molecule has 0 aromatic heterocycles. The smallest absolute Gasteiger partial charge is 0.146 e. The predicted molar refractivity (Wildman–Crippen MR) is 55.2 cm³/mol. The molecule has 0 amide bonds. The summed E-state index contributed by atoms with van der Waals surface area (Å²) in [5, 5.41) is 0.676. The molecule has 0 N–H and O–H groups in total. The molecule has 1 heterocycles. The number of rotatable bonds is 0. The maximum absolute atomic E-state index is 6.01. The first-order valence-electron chi connectivity index (χ1n) is 4.25. The van der Waals surface area contributed by atoms with Gasteiger partial charge in [0.1, 0.15) is 11.4 Å². The molecular weight excluding hydrogens is 184 g/mol. The third kappa shape index (κ3) is 1.56. The van der Waals surface area contributed by atoms with Crippen molar-refractivity contribution in [1.29, 1.82) is 0 Å². The average molecular weight is 195 g/mol. The van der Waals surface area contributed by atoms with E-state index in [9.17, 15) is 0 Å². The molecule has 0 spiro atoms. The van der Waals surface area contributed by atoms with E-state index in [1.807, 2.05) is 44.2 Å². The lowest BCUT2D eigenvalue weighted by atomic mass is 10.0. The molecule has 0 saturated heterocycles. The summed E-state index contributed by atoms with van der Waals surface area (Å²) in [4.78, 5) is 0. The van der Waals surface area contributed by atoms with Gasteiger partial charge in [-0.15, -0.1) is 0 Å². The minimum atomic E-state index is -0.252. The lowest BCUT2D eigenvalue weighted by Gasteiger charge is -2.28. The largest absolute Gasteiger partial charge is 0.482 e. The third-order valence-electron chi connectivity index (χ3n) is 2.03. The first-order chi connectivity index (χ1) is 6.08. The zero-order chi connectivity index (χ0) is 9.47. The fourth-order valence-electron chi connectivity index (χ4n) is 1.35. The van der Waals surface area contributed by atoms with Gasteiger partial charge in [-0.25, -0.2) is 0 Å². The Morgan fingerprint density at radius 2 is 2.08 bits per heavy atom. The van der Waals surface area contributed by atoms with Crippen molar-refractivity contribution >= 4 is 17.7 Å². The Labute approximate surface area is 83.0 Å². The summed E-state index contributed by atoms with van der Waals surface area (Å²) in [6.07, 6.45) is 4.08. The number of halogens is 1. The van der Waals surface area contributed by atoms with Crippen LogP contribution in [0, 0.1) is 0 Å². The van der Waals surface area contributed by atoms with Crippen molar-refractivity contribution in [3.05, 3.63) is 34.9 Å². The van der Waals surface area contributed by atoms with Crippen molar-refractivity contribution in [2.75, 3.05) is 0 Å². The zero-order valence-corrected chi connectivity index (χ0v) is 8.43. The molecule has 0 aliphatic carbocycles. The lowest BCUT2D eigenvalue weighted by Crippen LogP contribution is -2.27. The van der Waals surface area contributed by atoms with Gasteiger partial charge in [0, 0.05) is 5.56 Å². The SMILES string of the molecule is CC1(C)C=Cc2cccc(Cl)c2O1. The standard InChI is InChI=1S/C11H11ClO/c1-11(2)7-6-8-4-3-5-9(12)10(8)13-11/h3-7H,1-2H3. The van der Waals surface area contributed by atoms with E-state index in [0.717, 1.165) is 11.3 Å². The normalized spacial score (nSPS) is 17.8. The van der Waals surface area contributed by atoms with Crippen molar-refractivity contribution in [1.82, 2.24) is 0 Å². The molecule has 13 heavy (non-hydrogen) atoms. The van der Waals surface area contributed by atoms with Crippen LogP contribution in [0.15, 0.2) is 24.3 Å². The van der Waals surface area contributed by atoms with Crippen molar-refractivity contribution in [3.8, 4) is 5.75 Å². The summed E-state index contributed by atoms with van der Waals surface area (Å²) < 4.78 is 5.73. The Kier molecular flexibility index (Phi) is 1.85. The molecule has 1 aromatic carbocycles. The van der Waals surface area contributed by atoms with Crippen molar-refractivity contribution in [2.45, 2.75) is 19.4 Å². The van der Waals surface area contributed by atoms with Gasteiger partial charge in [0.05, 0.1) is 5.02 Å². The van der Waals surface area contributed by atoms with Crippen LogP contribution in [0.3, 0.4) is 0 Å². The Hall–Kier alpha value is -0.950. The highest BCUT2D eigenvalue weighted by atomic mass is 35.5. The second-order valence-corrected chi connectivity index (χ2v) is 4.10. The summed E-state index contributed by atoms with van der Waals surface area (Å²) in [6, 6.07) is 5.76.